The summed E-state index contributed by atoms with van der Waals surface area (Å²) in [4.78, 5) is 8.81. The van der Waals surface area contributed by atoms with Crippen molar-refractivity contribution in [2.45, 2.75) is 10.8 Å². The molecular formula is C18H11BrCl2N4S. The van der Waals surface area contributed by atoms with Gasteiger partial charge in [0.05, 0.1) is 17.3 Å². The normalized spacial score (nSPS) is 11.2. The Morgan fingerprint density at radius 2 is 1.73 bits per heavy atom. The molecule has 2 aromatic heterocycles. The summed E-state index contributed by atoms with van der Waals surface area (Å²) in [5.74, 6) is 0.619. The van der Waals surface area contributed by atoms with Crippen molar-refractivity contribution < 1.29 is 0 Å². The van der Waals surface area contributed by atoms with Crippen molar-refractivity contribution in [1.29, 1.82) is 0 Å². The number of hydrogen-bond acceptors (Lipinski definition) is 4. The van der Waals surface area contributed by atoms with Gasteiger partial charge in [-0.3, -0.25) is 0 Å². The largest absolute Gasteiger partial charge is 0.229 e. The predicted octanol–water partition coefficient (Wildman–Crippen LogP) is 6.18. The molecule has 2 heterocycles. The molecule has 0 spiro atoms. The number of nitrogens with zero attached hydrogens (tertiary/aromatic N) is 4. The number of fused-ring (bicyclic) bond motifs is 1. The number of benzene rings is 2. The van der Waals surface area contributed by atoms with Crippen LogP contribution in [0.15, 0.2) is 64.5 Å². The molecule has 0 aliphatic heterocycles. The first-order valence-corrected chi connectivity index (χ1v) is 10.2. The second-order valence-corrected chi connectivity index (χ2v) is 8.13. The number of aromatic nitrogens is 4. The average Bonchev–Trinajstić information content (AvgIpc) is 3.07. The predicted molar refractivity (Wildman–Crippen MR) is 110 cm³/mol. The van der Waals surface area contributed by atoms with E-state index in [1.165, 1.54) is 0 Å². The molecule has 26 heavy (non-hydrogen) atoms. The van der Waals surface area contributed by atoms with Crippen molar-refractivity contribution in [3.63, 3.8) is 0 Å². The summed E-state index contributed by atoms with van der Waals surface area (Å²) < 4.78 is 2.82. The second kappa shape index (κ2) is 7.56. The number of thioether (sulfide) groups is 1. The molecule has 4 nitrogen and oxygen atoms in total. The van der Waals surface area contributed by atoms with Gasteiger partial charge >= 0.3 is 0 Å². The molecule has 0 saturated carbocycles. The molecule has 130 valence electrons. The molecule has 0 amide bonds. The fourth-order valence-corrected chi connectivity index (χ4v) is 4.49. The Kier molecular flexibility index (Phi) is 5.18. The maximum absolute atomic E-state index is 6.26. The highest BCUT2D eigenvalue weighted by molar-refractivity contribution is 9.10. The van der Waals surface area contributed by atoms with Crippen LogP contribution in [0, 0.1) is 0 Å². The maximum Gasteiger partial charge on any atom is 0.167 e. The third kappa shape index (κ3) is 3.47. The standard InChI is InChI=1S/C18H11BrCl2N4S/c19-11-4-6-12(7-5-11)25-17-13(8-24-25)18(23-10-22-17)26-9-14-15(20)2-1-3-16(14)21/h1-8,10H,9H2. The van der Waals surface area contributed by atoms with Crippen LogP contribution in [0.1, 0.15) is 5.56 Å². The lowest BCUT2D eigenvalue weighted by Gasteiger charge is -2.07. The highest BCUT2D eigenvalue weighted by Gasteiger charge is 2.13. The summed E-state index contributed by atoms with van der Waals surface area (Å²) in [5, 5.41) is 7.52. The molecule has 0 saturated heterocycles. The van der Waals surface area contributed by atoms with Crippen LogP contribution in [0.3, 0.4) is 0 Å². The summed E-state index contributed by atoms with van der Waals surface area (Å²) >= 11 is 17.5. The number of halogens is 3. The molecule has 0 N–H and O–H groups in total. The zero-order valence-corrected chi connectivity index (χ0v) is 17.1. The van der Waals surface area contributed by atoms with Crippen LogP contribution < -0.4 is 0 Å². The SMILES string of the molecule is Clc1cccc(Cl)c1CSc1ncnc2c1cnn2-c1ccc(Br)cc1. The van der Waals surface area contributed by atoms with E-state index in [9.17, 15) is 0 Å². The molecule has 0 aliphatic carbocycles. The van der Waals surface area contributed by atoms with E-state index in [0.717, 1.165) is 31.8 Å². The summed E-state index contributed by atoms with van der Waals surface area (Å²) in [6.07, 6.45) is 3.34. The molecule has 4 rings (SSSR count). The van der Waals surface area contributed by atoms with Crippen LogP contribution >= 0.6 is 50.9 Å². The summed E-state index contributed by atoms with van der Waals surface area (Å²) in [7, 11) is 0. The Bertz CT molecular complexity index is 1060. The van der Waals surface area contributed by atoms with Crippen LogP contribution in [-0.2, 0) is 5.75 Å². The summed E-state index contributed by atoms with van der Waals surface area (Å²) in [6.45, 7) is 0. The smallest absolute Gasteiger partial charge is 0.167 e. The molecule has 0 fully saturated rings. The van der Waals surface area contributed by atoms with Gasteiger partial charge < -0.3 is 0 Å². The van der Waals surface area contributed by atoms with Crippen LogP contribution in [0.5, 0.6) is 0 Å². The van der Waals surface area contributed by atoms with Crippen LogP contribution in [-0.4, -0.2) is 19.7 Å². The van der Waals surface area contributed by atoms with Crippen molar-refractivity contribution in [3.8, 4) is 5.69 Å². The molecule has 4 aromatic rings. The van der Waals surface area contributed by atoms with Crippen LogP contribution in [0.25, 0.3) is 16.7 Å². The Morgan fingerprint density at radius 3 is 2.46 bits per heavy atom. The van der Waals surface area contributed by atoms with Crippen LogP contribution in [0.4, 0.5) is 0 Å². The van der Waals surface area contributed by atoms with Gasteiger partial charge in [0.2, 0.25) is 0 Å². The molecule has 0 atom stereocenters. The van der Waals surface area contributed by atoms with E-state index in [-0.39, 0.29) is 0 Å². The molecular weight excluding hydrogens is 455 g/mol. The minimum absolute atomic E-state index is 0.619. The van der Waals surface area contributed by atoms with Crippen molar-refractivity contribution >= 4 is 61.9 Å². The Morgan fingerprint density at radius 1 is 1.00 bits per heavy atom. The van der Waals surface area contributed by atoms with Gasteiger partial charge in [0.25, 0.3) is 0 Å². The van der Waals surface area contributed by atoms with Gasteiger partial charge in [-0.2, -0.15) is 5.10 Å². The summed E-state index contributed by atoms with van der Waals surface area (Å²) in [5.41, 5.74) is 2.59. The van der Waals surface area contributed by atoms with Gasteiger partial charge in [-0.25, -0.2) is 14.6 Å². The lowest BCUT2D eigenvalue weighted by Crippen LogP contribution is -1.97. The van der Waals surface area contributed by atoms with Crippen molar-refractivity contribution in [3.05, 3.63) is 75.1 Å². The zero-order chi connectivity index (χ0) is 18.1. The molecule has 8 heteroatoms. The monoisotopic (exact) mass is 464 g/mol. The fraction of sp³-hybridized carbons (Fsp3) is 0.0556. The van der Waals surface area contributed by atoms with Gasteiger partial charge in [-0.15, -0.1) is 11.8 Å². The van der Waals surface area contributed by atoms with Crippen molar-refractivity contribution in [2.75, 3.05) is 0 Å². The Balaban J connectivity index is 1.68. The van der Waals surface area contributed by atoms with Gasteiger partial charge in [0.15, 0.2) is 5.65 Å². The van der Waals surface area contributed by atoms with E-state index in [2.05, 4.69) is 31.0 Å². The Hall–Kier alpha value is -1.60. The highest BCUT2D eigenvalue weighted by atomic mass is 79.9. The third-order valence-electron chi connectivity index (χ3n) is 3.82. The highest BCUT2D eigenvalue weighted by Crippen LogP contribution is 2.33. The topological polar surface area (TPSA) is 43.6 Å². The quantitative estimate of drug-likeness (QED) is 0.266. The van der Waals surface area contributed by atoms with E-state index in [1.54, 1.807) is 29.0 Å². The molecule has 2 aromatic carbocycles. The summed E-state index contributed by atoms with van der Waals surface area (Å²) in [6, 6.07) is 13.4. The fourth-order valence-electron chi connectivity index (χ4n) is 2.52. The number of hydrogen-bond donors (Lipinski definition) is 0. The van der Waals surface area contributed by atoms with E-state index in [0.29, 0.717) is 15.8 Å². The van der Waals surface area contributed by atoms with Gasteiger partial charge in [0.1, 0.15) is 11.4 Å². The molecule has 0 aliphatic rings. The lowest BCUT2D eigenvalue weighted by atomic mass is 10.2. The minimum atomic E-state index is 0.619. The van der Waals surface area contributed by atoms with Gasteiger partial charge in [-0.05, 0) is 42.0 Å². The van der Waals surface area contributed by atoms with Crippen molar-refractivity contribution in [2.24, 2.45) is 0 Å². The zero-order valence-electron chi connectivity index (χ0n) is 13.2. The third-order valence-corrected chi connectivity index (χ3v) is 6.08. The van der Waals surface area contributed by atoms with Gasteiger partial charge in [-0.1, -0.05) is 45.2 Å². The Labute approximate surface area is 172 Å². The lowest BCUT2D eigenvalue weighted by molar-refractivity contribution is 0.893. The molecule has 0 bridgehead atoms. The van der Waals surface area contributed by atoms with Crippen molar-refractivity contribution in [1.82, 2.24) is 19.7 Å². The van der Waals surface area contributed by atoms with E-state index >= 15 is 0 Å². The first-order chi connectivity index (χ1) is 12.6. The number of rotatable bonds is 4. The average molecular weight is 466 g/mol. The van der Waals surface area contributed by atoms with Crippen LogP contribution in [0.2, 0.25) is 10.0 Å². The van der Waals surface area contributed by atoms with E-state index < -0.39 is 0 Å². The first-order valence-electron chi connectivity index (χ1n) is 7.64. The molecule has 0 unspecified atom stereocenters. The first kappa shape index (κ1) is 17.8. The molecule has 0 radical (unpaired) electrons. The van der Waals surface area contributed by atoms with E-state index in [4.69, 9.17) is 23.2 Å². The minimum Gasteiger partial charge on any atom is -0.229 e. The van der Waals surface area contributed by atoms with E-state index in [1.807, 2.05) is 42.5 Å². The maximum atomic E-state index is 6.26. The second-order valence-electron chi connectivity index (χ2n) is 5.44. The van der Waals surface area contributed by atoms with Gasteiger partial charge in [0, 0.05) is 20.3 Å².